The second-order valence-corrected chi connectivity index (χ2v) is 4.96. The van der Waals surface area contributed by atoms with Crippen LogP contribution in [0.5, 0.6) is 0 Å². The number of halogens is 2. The van der Waals surface area contributed by atoms with Gasteiger partial charge in [0.25, 0.3) is 5.91 Å². The molecule has 1 aromatic heterocycles. The SMILES string of the molecule is CC(Nc1nc(Cl)ncc1C(N)=O)c1cccc(Cl)c1. The summed E-state index contributed by atoms with van der Waals surface area (Å²) in [7, 11) is 0. The number of nitrogens with two attached hydrogens (primary N) is 1. The molecule has 5 nitrogen and oxygen atoms in total. The van der Waals surface area contributed by atoms with Crippen LogP contribution in [0.25, 0.3) is 0 Å². The summed E-state index contributed by atoms with van der Waals surface area (Å²) in [6.07, 6.45) is 1.30. The van der Waals surface area contributed by atoms with Crippen LogP contribution in [0.2, 0.25) is 10.3 Å². The van der Waals surface area contributed by atoms with Crippen molar-refractivity contribution >= 4 is 34.9 Å². The zero-order valence-corrected chi connectivity index (χ0v) is 12.1. The first-order chi connectivity index (χ1) is 9.47. The number of anilines is 1. The van der Waals surface area contributed by atoms with Crippen molar-refractivity contribution in [3.05, 3.63) is 51.9 Å². The number of carbonyl (C=O) groups is 1. The lowest BCUT2D eigenvalue weighted by Crippen LogP contribution is -2.17. The van der Waals surface area contributed by atoms with E-state index in [2.05, 4.69) is 15.3 Å². The predicted molar refractivity (Wildman–Crippen MR) is 79.0 cm³/mol. The number of aromatic nitrogens is 2. The maximum atomic E-state index is 11.3. The van der Waals surface area contributed by atoms with Gasteiger partial charge in [0.05, 0.1) is 11.6 Å². The molecule has 3 N–H and O–H groups in total. The minimum absolute atomic E-state index is 0.0378. The average molecular weight is 311 g/mol. The number of primary amides is 1. The van der Waals surface area contributed by atoms with E-state index in [0.29, 0.717) is 10.8 Å². The monoisotopic (exact) mass is 310 g/mol. The molecule has 1 unspecified atom stereocenters. The second-order valence-electron chi connectivity index (χ2n) is 4.19. The van der Waals surface area contributed by atoms with Gasteiger partial charge in [-0.15, -0.1) is 0 Å². The van der Waals surface area contributed by atoms with Crippen molar-refractivity contribution in [2.75, 3.05) is 5.32 Å². The molecule has 0 aliphatic rings. The Morgan fingerprint density at radius 1 is 1.40 bits per heavy atom. The van der Waals surface area contributed by atoms with Crippen LogP contribution >= 0.6 is 23.2 Å². The van der Waals surface area contributed by atoms with E-state index in [0.717, 1.165) is 5.56 Å². The van der Waals surface area contributed by atoms with E-state index in [1.807, 2.05) is 25.1 Å². The number of rotatable bonds is 4. The van der Waals surface area contributed by atoms with E-state index in [1.54, 1.807) is 6.07 Å². The van der Waals surface area contributed by atoms with Crippen LogP contribution in [0.15, 0.2) is 30.5 Å². The van der Waals surface area contributed by atoms with Crippen LogP contribution in [0.4, 0.5) is 5.82 Å². The summed E-state index contributed by atoms with van der Waals surface area (Å²) in [5, 5.41) is 3.75. The van der Waals surface area contributed by atoms with E-state index in [9.17, 15) is 4.79 Å². The zero-order chi connectivity index (χ0) is 14.7. The molecule has 0 aliphatic heterocycles. The summed E-state index contributed by atoms with van der Waals surface area (Å²) in [5.41, 5.74) is 6.41. The van der Waals surface area contributed by atoms with Gasteiger partial charge in [-0.1, -0.05) is 23.7 Å². The topological polar surface area (TPSA) is 80.9 Å². The molecule has 0 aliphatic carbocycles. The van der Waals surface area contributed by atoms with E-state index < -0.39 is 5.91 Å². The number of benzene rings is 1. The average Bonchev–Trinajstić information content (AvgIpc) is 2.38. The molecular formula is C13H12Cl2N4O. The van der Waals surface area contributed by atoms with Crippen molar-refractivity contribution in [1.82, 2.24) is 9.97 Å². The van der Waals surface area contributed by atoms with Gasteiger partial charge in [-0.2, -0.15) is 4.98 Å². The number of nitrogens with zero attached hydrogens (tertiary/aromatic N) is 2. The largest absolute Gasteiger partial charge is 0.365 e. The highest BCUT2D eigenvalue weighted by molar-refractivity contribution is 6.30. The fourth-order valence-corrected chi connectivity index (χ4v) is 2.05. The molecule has 1 aromatic carbocycles. The molecule has 0 saturated carbocycles. The Morgan fingerprint density at radius 3 is 2.80 bits per heavy atom. The fraction of sp³-hybridized carbons (Fsp3) is 0.154. The number of hydrogen-bond acceptors (Lipinski definition) is 4. The van der Waals surface area contributed by atoms with Crippen LogP contribution in [-0.2, 0) is 0 Å². The van der Waals surface area contributed by atoms with Gasteiger partial charge in [-0.25, -0.2) is 4.98 Å². The lowest BCUT2D eigenvalue weighted by molar-refractivity contribution is 0.100. The third-order valence-corrected chi connectivity index (χ3v) is 3.14. The van der Waals surface area contributed by atoms with Crippen LogP contribution in [-0.4, -0.2) is 15.9 Å². The fourth-order valence-electron chi connectivity index (χ4n) is 1.71. The Kier molecular flexibility index (Phi) is 4.42. The molecule has 1 atom stereocenters. The number of hydrogen-bond donors (Lipinski definition) is 2. The first-order valence-corrected chi connectivity index (χ1v) is 6.57. The van der Waals surface area contributed by atoms with Crippen molar-refractivity contribution in [2.45, 2.75) is 13.0 Å². The summed E-state index contributed by atoms with van der Waals surface area (Å²) < 4.78 is 0. The van der Waals surface area contributed by atoms with E-state index in [-0.39, 0.29) is 16.9 Å². The van der Waals surface area contributed by atoms with Crippen LogP contribution in [0.3, 0.4) is 0 Å². The van der Waals surface area contributed by atoms with Gasteiger partial charge in [0.15, 0.2) is 0 Å². The standard InChI is InChI=1S/C13H12Cl2N4O/c1-7(8-3-2-4-9(14)5-8)18-12-10(11(16)20)6-17-13(15)19-12/h2-7H,1H3,(H2,16,20)(H,17,18,19). The predicted octanol–water partition coefficient (Wildman–Crippen LogP) is 3.06. The molecular weight excluding hydrogens is 299 g/mol. The van der Waals surface area contributed by atoms with Crippen molar-refractivity contribution in [3.63, 3.8) is 0 Å². The maximum Gasteiger partial charge on any atom is 0.254 e. The number of amides is 1. The molecule has 0 spiro atoms. The first kappa shape index (κ1) is 14.6. The Bertz CT molecular complexity index is 648. The number of carbonyl (C=O) groups excluding carboxylic acids is 1. The van der Waals surface area contributed by atoms with Gasteiger partial charge in [0.1, 0.15) is 5.82 Å². The highest BCUT2D eigenvalue weighted by atomic mass is 35.5. The summed E-state index contributed by atoms with van der Waals surface area (Å²) in [4.78, 5) is 19.1. The van der Waals surface area contributed by atoms with Crippen LogP contribution in [0, 0.1) is 0 Å². The third-order valence-electron chi connectivity index (χ3n) is 2.73. The van der Waals surface area contributed by atoms with Gasteiger partial charge in [-0.3, -0.25) is 4.79 Å². The van der Waals surface area contributed by atoms with Crippen molar-refractivity contribution in [1.29, 1.82) is 0 Å². The molecule has 20 heavy (non-hydrogen) atoms. The van der Waals surface area contributed by atoms with E-state index in [1.165, 1.54) is 6.20 Å². The van der Waals surface area contributed by atoms with Gasteiger partial charge in [0.2, 0.25) is 5.28 Å². The van der Waals surface area contributed by atoms with E-state index in [4.69, 9.17) is 28.9 Å². The first-order valence-electron chi connectivity index (χ1n) is 5.81. The summed E-state index contributed by atoms with van der Waals surface area (Å²) in [5.74, 6) is -0.326. The van der Waals surface area contributed by atoms with E-state index >= 15 is 0 Å². The molecule has 1 heterocycles. The normalized spacial score (nSPS) is 11.9. The highest BCUT2D eigenvalue weighted by Gasteiger charge is 2.14. The Hall–Kier alpha value is -1.85. The maximum absolute atomic E-state index is 11.3. The summed E-state index contributed by atoms with van der Waals surface area (Å²) >= 11 is 11.7. The molecule has 0 radical (unpaired) electrons. The molecule has 0 bridgehead atoms. The van der Waals surface area contributed by atoms with Gasteiger partial charge < -0.3 is 11.1 Å². The molecule has 2 aromatic rings. The molecule has 2 rings (SSSR count). The minimum atomic E-state index is -0.623. The van der Waals surface area contributed by atoms with Crippen molar-refractivity contribution in [3.8, 4) is 0 Å². The smallest absolute Gasteiger partial charge is 0.254 e. The quantitative estimate of drug-likeness (QED) is 0.850. The second kappa shape index (κ2) is 6.07. The van der Waals surface area contributed by atoms with Crippen molar-refractivity contribution in [2.24, 2.45) is 5.73 Å². The summed E-state index contributed by atoms with van der Waals surface area (Å²) in [6.45, 7) is 1.91. The molecule has 7 heteroatoms. The van der Waals surface area contributed by atoms with Gasteiger partial charge in [-0.05, 0) is 36.2 Å². The lowest BCUT2D eigenvalue weighted by atomic mass is 10.1. The van der Waals surface area contributed by atoms with Crippen molar-refractivity contribution < 1.29 is 4.79 Å². The molecule has 104 valence electrons. The molecule has 0 fully saturated rings. The molecule has 1 amide bonds. The minimum Gasteiger partial charge on any atom is -0.365 e. The van der Waals surface area contributed by atoms with Gasteiger partial charge in [0, 0.05) is 11.2 Å². The zero-order valence-electron chi connectivity index (χ0n) is 10.6. The Balaban J connectivity index is 2.29. The highest BCUT2D eigenvalue weighted by Crippen LogP contribution is 2.23. The number of nitrogens with one attached hydrogen (secondary N) is 1. The van der Waals surface area contributed by atoms with Crippen LogP contribution < -0.4 is 11.1 Å². The Morgan fingerprint density at radius 2 is 2.15 bits per heavy atom. The lowest BCUT2D eigenvalue weighted by Gasteiger charge is -2.16. The van der Waals surface area contributed by atoms with Crippen LogP contribution in [0.1, 0.15) is 28.9 Å². The summed E-state index contributed by atoms with van der Waals surface area (Å²) in [6, 6.07) is 7.24. The molecule has 0 saturated heterocycles. The Labute approximate surface area is 126 Å². The third kappa shape index (κ3) is 3.37. The van der Waals surface area contributed by atoms with Gasteiger partial charge >= 0.3 is 0 Å².